The summed E-state index contributed by atoms with van der Waals surface area (Å²) in [5, 5.41) is 9.02. The van der Waals surface area contributed by atoms with Crippen molar-refractivity contribution >= 4 is 27.4 Å². The Balaban J connectivity index is 1.73. The molecule has 3 N–H and O–H groups in total. The highest BCUT2D eigenvalue weighted by molar-refractivity contribution is 9.10. The first-order valence-corrected chi connectivity index (χ1v) is 8.58. The van der Waals surface area contributed by atoms with Gasteiger partial charge in [-0.05, 0) is 24.3 Å². The molecule has 0 radical (unpaired) electrons. The Morgan fingerprint density at radius 1 is 1.12 bits per heavy atom. The molecule has 1 aliphatic rings. The van der Waals surface area contributed by atoms with Crippen LogP contribution in [0.4, 0.5) is 11.5 Å². The third-order valence-electron chi connectivity index (χ3n) is 3.94. The van der Waals surface area contributed by atoms with E-state index < -0.39 is 0 Å². The SMILES string of the molecule is Nc1c(Oc2ccc(Br)cc2)ncnc1N1CCN(CCO)CC1. The number of nitrogen functional groups attached to an aromatic ring is 1. The van der Waals surface area contributed by atoms with Crippen molar-refractivity contribution in [3.05, 3.63) is 35.1 Å². The number of nitrogens with two attached hydrogens (primary N) is 1. The molecule has 0 amide bonds. The summed E-state index contributed by atoms with van der Waals surface area (Å²) in [6.07, 6.45) is 1.47. The van der Waals surface area contributed by atoms with Crippen molar-refractivity contribution < 1.29 is 9.84 Å². The fraction of sp³-hybridized carbons (Fsp3) is 0.375. The van der Waals surface area contributed by atoms with Crippen LogP contribution in [0.5, 0.6) is 11.6 Å². The van der Waals surface area contributed by atoms with Gasteiger partial charge in [-0.2, -0.15) is 4.98 Å². The molecule has 24 heavy (non-hydrogen) atoms. The van der Waals surface area contributed by atoms with Crippen molar-refractivity contribution in [2.75, 3.05) is 50.0 Å². The average Bonchev–Trinajstić information content (AvgIpc) is 2.60. The lowest BCUT2D eigenvalue weighted by Gasteiger charge is -2.35. The summed E-state index contributed by atoms with van der Waals surface area (Å²) in [6, 6.07) is 7.49. The number of piperazine rings is 1. The number of halogens is 1. The second-order valence-electron chi connectivity index (χ2n) is 5.52. The molecule has 0 saturated carbocycles. The van der Waals surface area contributed by atoms with Gasteiger partial charge in [0.1, 0.15) is 17.8 Å². The van der Waals surface area contributed by atoms with Crippen LogP contribution in [0.1, 0.15) is 0 Å². The smallest absolute Gasteiger partial charge is 0.248 e. The summed E-state index contributed by atoms with van der Waals surface area (Å²) < 4.78 is 6.77. The number of aliphatic hydroxyl groups is 1. The van der Waals surface area contributed by atoms with Crippen LogP contribution in [0, 0.1) is 0 Å². The molecule has 0 unspecified atom stereocenters. The van der Waals surface area contributed by atoms with Crippen LogP contribution in [0.25, 0.3) is 0 Å². The van der Waals surface area contributed by atoms with E-state index in [4.69, 9.17) is 15.6 Å². The van der Waals surface area contributed by atoms with E-state index in [0.717, 1.165) is 30.7 Å². The molecule has 1 fully saturated rings. The molecular weight excluding hydrogens is 374 g/mol. The molecule has 1 aromatic heterocycles. The highest BCUT2D eigenvalue weighted by Crippen LogP contribution is 2.32. The Morgan fingerprint density at radius 3 is 2.50 bits per heavy atom. The first kappa shape index (κ1) is 16.9. The van der Waals surface area contributed by atoms with E-state index in [0.29, 0.717) is 29.7 Å². The quantitative estimate of drug-likeness (QED) is 0.799. The normalized spacial score (nSPS) is 15.5. The van der Waals surface area contributed by atoms with Crippen molar-refractivity contribution in [3.63, 3.8) is 0 Å². The minimum atomic E-state index is 0.181. The first-order chi connectivity index (χ1) is 11.7. The maximum absolute atomic E-state index is 9.02. The Bertz CT molecular complexity index is 675. The fourth-order valence-corrected chi connectivity index (χ4v) is 2.91. The number of β-amino-alcohol motifs (C(OH)–C–C–N with tert-alkyl or cyclic N) is 1. The molecule has 1 aromatic carbocycles. The maximum atomic E-state index is 9.02. The second-order valence-corrected chi connectivity index (χ2v) is 6.44. The molecule has 0 spiro atoms. The molecule has 0 atom stereocenters. The number of aliphatic hydroxyl groups excluding tert-OH is 1. The van der Waals surface area contributed by atoms with Gasteiger partial charge in [-0.3, -0.25) is 4.90 Å². The lowest BCUT2D eigenvalue weighted by atomic mass is 10.3. The zero-order chi connectivity index (χ0) is 16.9. The molecule has 1 saturated heterocycles. The van der Waals surface area contributed by atoms with Gasteiger partial charge in [0.15, 0.2) is 5.82 Å². The molecule has 7 nitrogen and oxygen atoms in total. The van der Waals surface area contributed by atoms with Crippen molar-refractivity contribution in [1.29, 1.82) is 0 Å². The second kappa shape index (κ2) is 7.78. The van der Waals surface area contributed by atoms with Gasteiger partial charge in [0, 0.05) is 37.2 Å². The van der Waals surface area contributed by atoms with Gasteiger partial charge in [0.2, 0.25) is 5.88 Å². The minimum Gasteiger partial charge on any atom is -0.437 e. The van der Waals surface area contributed by atoms with Crippen molar-refractivity contribution in [2.45, 2.75) is 0 Å². The standard InChI is InChI=1S/C16H20BrN5O2/c17-12-1-3-13(4-2-12)24-16-14(18)15(19-11-20-16)22-7-5-21(6-8-22)9-10-23/h1-4,11,23H,5-10,18H2. The van der Waals surface area contributed by atoms with E-state index in [-0.39, 0.29) is 6.61 Å². The summed E-state index contributed by atoms with van der Waals surface area (Å²) in [5.74, 6) is 1.73. The zero-order valence-electron chi connectivity index (χ0n) is 13.2. The van der Waals surface area contributed by atoms with Crippen LogP contribution in [0.15, 0.2) is 35.1 Å². The van der Waals surface area contributed by atoms with Crippen LogP contribution in [-0.4, -0.2) is 59.3 Å². The molecule has 2 aromatic rings. The molecule has 0 bridgehead atoms. The number of hydrogen-bond donors (Lipinski definition) is 2. The first-order valence-electron chi connectivity index (χ1n) is 7.79. The number of benzene rings is 1. The number of aromatic nitrogens is 2. The number of hydrogen-bond acceptors (Lipinski definition) is 7. The highest BCUT2D eigenvalue weighted by Gasteiger charge is 2.21. The van der Waals surface area contributed by atoms with Crippen molar-refractivity contribution in [3.8, 4) is 11.6 Å². The van der Waals surface area contributed by atoms with Crippen LogP contribution in [0.3, 0.4) is 0 Å². The summed E-state index contributed by atoms with van der Waals surface area (Å²) in [7, 11) is 0. The molecule has 3 rings (SSSR count). The van der Waals surface area contributed by atoms with Gasteiger partial charge in [-0.25, -0.2) is 4.98 Å². The number of rotatable bonds is 5. The summed E-state index contributed by atoms with van der Waals surface area (Å²) in [6.45, 7) is 4.23. The van der Waals surface area contributed by atoms with E-state index in [1.165, 1.54) is 6.33 Å². The molecule has 2 heterocycles. The number of nitrogens with zero attached hydrogens (tertiary/aromatic N) is 4. The Labute approximate surface area is 149 Å². The van der Waals surface area contributed by atoms with Gasteiger partial charge in [-0.15, -0.1) is 0 Å². The monoisotopic (exact) mass is 393 g/mol. The molecule has 128 valence electrons. The fourth-order valence-electron chi connectivity index (χ4n) is 2.64. The largest absolute Gasteiger partial charge is 0.437 e. The van der Waals surface area contributed by atoms with E-state index in [9.17, 15) is 0 Å². The van der Waals surface area contributed by atoms with E-state index in [1.54, 1.807) is 0 Å². The minimum absolute atomic E-state index is 0.181. The summed E-state index contributed by atoms with van der Waals surface area (Å²) in [5.41, 5.74) is 6.67. The van der Waals surface area contributed by atoms with Crippen molar-refractivity contribution in [2.24, 2.45) is 0 Å². The number of ether oxygens (including phenoxy) is 1. The average molecular weight is 394 g/mol. The maximum Gasteiger partial charge on any atom is 0.248 e. The highest BCUT2D eigenvalue weighted by atomic mass is 79.9. The van der Waals surface area contributed by atoms with E-state index in [1.807, 2.05) is 24.3 Å². The zero-order valence-corrected chi connectivity index (χ0v) is 14.8. The van der Waals surface area contributed by atoms with Crippen molar-refractivity contribution in [1.82, 2.24) is 14.9 Å². The van der Waals surface area contributed by atoms with Gasteiger partial charge < -0.3 is 20.5 Å². The van der Waals surface area contributed by atoms with E-state index in [2.05, 4.69) is 35.7 Å². The predicted octanol–water partition coefficient (Wildman–Crippen LogP) is 1.73. The Morgan fingerprint density at radius 2 is 1.83 bits per heavy atom. The topological polar surface area (TPSA) is 87.7 Å². The number of anilines is 2. The Kier molecular flexibility index (Phi) is 5.49. The third kappa shape index (κ3) is 3.95. The van der Waals surface area contributed by atoms with Crippen LogP contribution in [-0.2, 0) is 0 Å². The summed E-state index contributed by atoms with van der Waals surface area (Å²) in [4.78, 5) is 12.8. The van der Waals surface area contributed by atoms with Gasteiger partial charge in [0.25, 0.3) is 0 Å². The van der Waals surface area contributed by atoms with Gasteiger partial charge >= 0.3 is 0 Å². The molecular formula is C16H20BrN5O2. The van der Waals surface area contributed by atoms with E-state index >= 15 is 0 Å². The van der Waals surface area contributed by atoms with Crippen LogP contribution < -0.4 is 15.4 Å². The predicted molar refractivity (Wildman–Crippen MR) is 96.4 cm³/mol. The molecule has 1 aliphatic heterocycles. The van der Waals surface area contributed by atoms with Gasteiger partial charge in [0.05, 0.1) is 6.61 Å². The summed E-state index contributed by atoms with van der Waals surface area (Å²) >= 11 is 3.39. The molecule has 0 aliphatic carbocycles. The third-order valence-corrected chi connectivity index (χ3v) is 4.47. The van der Waals surface area contributed by atoms with Crippen LogP contribution >= 0.6 is 15.9 Å². The Hall–Kier alpha value is -1.90. The molecule has 8 heteroatoms. The lowest BCUT2D eigenvalue weighted by Crippen LogP contribution is -2.47. The lowest BCUT2D eigenvalue weighted by molar-refractivity contribution is 0.188. The van der Waals surface area contributed by atoms with Crippen LogP contribution in [0.2, 0.25) is 0 Å². The van der Waals surface area contributed by atoms with Gasteiger partial charge in [-0.1, -0.05) is 15.9 Å².